The van der Waals surface area contributed by atoms with Gasteiger partial charge in [0.05, 0.1) is 35.6 Å². The van der Waals surface area contributed by atoms with Crippen molar-refractivity contribution in [2.24, 2.45) is 0 Å². The molecular weight excluding hydrogens is 1050 g/mol. The number of hydrogen-bond donors (Lipinski definition) is 0. The smallest absolute Gasteiger partial charge is 0.452 e. The van der Waals surface area contributed by atoms with Crippen molar-refractivity contribution < 1.29 is 32.2 Å². The van der Waals surface area contributed by atoms with Crippen LogP contribution in [0, 0.1) is 0 Å². The SMILES string of the molecule is CC(C)(C)B1OB(c2cc(C(C)(C)C)cc(B3OB(C(C)(C)C)OB(C(C)(C)C)O3)c2N2CN(c3cccc(COCc4ccc5c6cc(-c7ccccc7)ccc6n(-c6cc(C(C)(C)C)ccn6)c5c4)c3)c3ccccc32)OB(C(C)(C)C)O1. The number of hydrogen-bond acceptors (Lipinski definition) is 10. The van der Waals surface area contributed by atoms with Crippen LogP contribution in [0.5, 0.6) is 0 Å². The summed E-state index contributed by atoms with van der Waals surface area (Å²) in [7, 11) is -3.91. The summed E-state index contributed by atoms with van der Waals surface area (Å²) in [6.45, 7) is 40.6. The number of nitrogens with zero attached hydrogens (tertiary/aromatic N) is 4. The van der Waals surface area contributed by atoms with Crippen LogP contribution in [0.2, 0.25) is 21.3 Å². The maximum absolute atomic E-state index is 7.09. The van der Waals surface area contributed by atoms with Crippen LogP contribution in [0.15, 0.2) is 146 Å². The van der Waals surface area contributed by atoms with Crippen molar-refractivity contribution in [3.05, 3.63) is 168 Å². The summed E-state index contributed by atoms with van der Waals surface area (Å²) in [5, 5.41) is 0.885. The zero-order valence-corrected chi connectivity index (χ0v) is 53.6. The van der Waals surface area contributed by atoms with E-state index in [0.717, 1.165) is 67.2 Å². The monoisotopic (exact) mass is 1130 g/mol. The van der Waals surface area contributed by atoms with E-state index in [0.29, 0.717) is 19.9 Å². The molecule has 85 heavy (non-hydrogen) atoms. The van der Waals surface area contributed by atoms with Gasteiger partial charge in [-0.1, -0.05) is 210 Å². The lowest BCUT2D eigenvalue weighted by atomic mass is 9.49. The van der Waals surface area contributed by atoms with Crippen molar-refractivity contribution in [1.82, 2.24) is 9.55 Å². The van der Waals surface area contributed by atoms with Gasteiger partial charge in [-0.05, 0) is 120 Å². The molecule has 2 fully saturated rings. The van der Waals surface area contributed by atoms with Crippen LogP contribution in [0.3, 0.4) is 0 Å². The van der Waals surface area contributed by atoms with Crippen molar-refractivity contribution in [2.75, 3.05) is 16.5 Å². The topological polar surface area (TPSA) is 88.9 Å². The van der Waals surface area contributed by atoms with E-state index in [9.17, 15) is 0 Å². The zero-order chi connectivity index (χ0) is 60.8. The molecule has 0 saturated carbocycles. The van der Waals surface area contributed by atoms with E-state index in [1.54, 1.807) is 0 Å². The lowest BCUT2D eigenvalue weighted by Crippen LogP contribution is -2.62. The third kappa shape index (κ3) is 12.6. The molecule has 0 amide bonds. The Morgan fingerprint density at radius 3 is 1.51 bits per heavy atom. The number of pyridine rings is 1. The van der Waals surface area contributed by atoms with Gasteiger partial charge in [0.1, 0.15) is 12.5 Å². The molecule has 0 N–H and O–H groups in total. The molecule has 6 aromatic carbocycles. The van der Waals surface area contributed by atoms with Crippen LogP contribution in [-0.4, -0.2) is 58.9 Å². The highest BCUT2D eigenvalue weighted by molar-refractivity contribution is 6.84. The van der Waals surface area contributed by atoms with Crippen LogP contribution >= 0.6 is 0 Å². The molecule has 2 aromatic heterocycles. The van der Waals surface area contributed by atoms with E-state index >= 15 is 0 Å². The predicted molar refractivity (Wildman–Crippen MR) is 358 cm³/mol. The second kappa shape index (κ2) is 22.6. The van der Waals surface area contributed by atoms with Crippen LogP contribution in [0.25, 0.3) is 38.8 Å². The van der Waals surface area contributed by atoms with E-state index in [1.165, 1.54) is 27.5 Å². The molecule has 11 rings (SSSR count). The molecule has 3 aliphatic rings. The largest absolute Gasteiger partial charge is 0.468 e. The Bertz CT molecular complexity index is 3630. The van der Waals surface area contributed by atoms with Crippen molar-refractivity contribution >= 4 is 98.2 Å². The number of anilines is 4. The summed E-state index contributed by atoms with van der Waals surface area (Å²) in [4.78, 5) is 9.76. The third-order valence-electron chi connectivity index (χ3n) is 16.4. The molecule has 436 valence electrons. The number of rotatable bonds is 10. The lowest BCUT2D eigenvalue weighted by Gasteiger charge is -2.43. The van der Waals surface area contributed by atoms with Crippen LogP contribution in [0.1, 0.15) is 147 Å². The second-order valence-electron chi connectivity index (χ2n) is 30.1. The Balaban J connectivity index is 0.954. The number of para-hydroxylation sites is 2. The summed E-state index contributed by atoms with van der Waals surface area (Å²) in [5.41, 5.74) is 14.5. The molecular formula is C68H84B6N4O7. The Morgan fingerprint density at radius 2 is 0.965 bits per heavy atom. The molecule has 0 aliphatic carbocycles. The van der Waals surface area contributed by atoms with Gasteiger partial charge in [-0.3, -0.25) is 4.57 Å². The van der Waals surface area contributed by atoms with Crippen molar-refractivity contribution in [3.8, 4) is 16.9 Å². The second-order valence-corrected chi connectivity index (χ2v) is 30.1. The minimum absolute atomic E-state index is 0.0407. The van der Waals surface area contributed by atoms with Gasteiger partial charge in [-0.15, -0.1) is 0 Å². The van der Waals surface area contributed by atoms with Gasteiger partial charge < -0.3 is 42.0 Å². The van der Waals surface area contributed by atoms with E-state index in [4.69, 9.17) is 37.2 Å². The molecule has 0 radical (unpaired) electrons. The Hall–Kier alpha value is -6.02. The Labute approximate surface area is 508 Å². The molecule has 0 unspecified atom stereocenters. The molecule has 8 aromatic rings. The number of ether oxygens (including phenoxy) is 1. The van der Waals surface area contributed by atoms with E-state index in [-0.39, 0.29) is 32.1 Å². The van der Waals surface area contributed by atoms with Gasteiger partial charge >= 0.3 is 42.7 Å². The van der Waals surface area contributed by atoms with Gasteiger partial charge in [0.2, 0.25) is 0 Å². The molecule has 2 saturated heterocycles. The molecule has 0 spiro atoms. The number of aromatic nitrogens is 2. The number of fused-ring (bicyclic) bond motifs is 4. The summed E-state index contributed by atoms with van der Waals surface area (Å²) >= 11 is 0. The fraction of sp³-hybridized carbons (Fsp3) is 0.397. The highest BCUT2D eigenvalue weighted by atomic mass is 16.7. The van der Waals surface area contributed by atoms with Crippen LogP contribution in [0.4, 0.5) is 22.7 Å². The van der Waals surface area contributed by atoms with Crippen molar-refractivity contribution in [3.63, 3.8) is 0 Å². The Morgan fingerprint density at radius 1 is 0.435 bits per heavy atom. The van der Waals surface area contributed by atoms with Crippen LogP contribution < -0.4 is 20.7 Å². The van der Waals surface area contributed by atoms with E-state index in [1.807, 2.05) is 6.20 Å². The molecule has 0 atom stereocenters. The molecule has 11 nitrogen and oxygen atoms in total. The predicted octanol–water partition coefficient (Wildman–Crippen LogP) is 16.1. The summed E-state index contributed by atoms with van der Waals surface area (Å²) in [5.74, 6) is 0.897. The third-order valence-corrected chi connectivity index (χ3v) is 16.4. The zero-order valence-electron chi connectivity index (χ0n) is 53.6. The maximum Gasteiger partial charge on any atom is 0.468 e. The molecule has 0 bridgehead atoms. The first kappa shape index (κ1) is 60.7. The first-order chi connectivity index (χ1) is 39.9. The first-order valence-corrected chi connectivity index (χ1v) is 30.4. The fourth-order valence-electron chi connectivity index (χ4n) is 11.5. The minimum atomic E-state index is -0.815. The highest BCUT2D eigenvalue weighted by Gasteiger charge is 2.55. The minimum Gasteiger partial charge on any atom is -0.452 e. The van der Waals surface area contributed by atoms with Gasteiger partial charge in [0.15, 0.2) is 0 Å². The van der Waals surface area contributed by atoms with Gasteiger partial charge in [0, 0.05) is 39.3 Å². The summed E-state index contributed by atoms with van der Waals surface area (Å²) in [6.07, 6.45) is 1.94. The van der Waals surface area contributed by atoms with Crippen molar-refractivity contribution in [2.45, 2.75) is 170 Å². The van der Waals surface area contributed by atoms with Gasteiger partial charge in [-0.25, -0.2) is 4.98 Å². The number of benzene rings is 6. The van der Waals surface area contributed by atoms with Crippen molar-refractivity contribution in [1.29, 1.82) is 0 Å². The average molecular weight is 1130 g/mol. The first-order valence-electron chi connectivity index (χ1n) is 30.4. The Kier molecular flexibility index (Phi) is 16.1. The average Bonchev–Trinajstić information content (AvgIpc) is 1.78. The summed E-state index contributed by atoms with van der Waals surface area (Å²) < 4.78 is 50.8. The lowest BCUT2D eigenvalue weighted by molar-refractivity contribution is 0.107. The fourth-order valence-corrected chi connectivity index (χ4v) is 11.5. The normalized spacial score (nSPS) is 16.0. The molecule has 5 heterocycles. The molecule has 3 aliphatic heterocycles. The highest BCUT2D eigenvalue weighted by Crippen LogP contribution is 2.47. The van der Waals surface area contributed by atoms with Crippen LogP contribution in [-0.2, 0) is 56.2 Å². The maximum atomic E-state index is 7.09. The van der Waals surface area contributed by atoms with E-state index < -0.39 is 42.7 Å². The van der Waals surface area contributed by atoms with E-state index in [2.05, 4.69) is 279 Å². The van der Waals surface area contributed by atoms with Gasteiger partial charge in [0.25, 0.3) is 0 Å². The summed E-state index contributed by atoms with van der Waals surface area (Å²) in [6, 6.07) is 50.4. The van der Waals surface area contributed by atoms with Gasteiger partial charge in [-0.2, -0.15) is 0 Å². The molecule has 17 heteroatoms. The standard InChI is InChI=1S/C68H84B6N4O7/c1-63(2,3)50-35-36-75-61(42-50)78-57-34-32-49(48-26-20-19-21-27-48)39-54(57)53-33-31-47(38-60(53)78)44-79-43-46-25-24-28-52(37-46)76-45-77(59-30-23-22-29-58(59)76)62-55(69-80-71(65(7,8)9)84-72(81-69)66(10,11)12)40-51(64(4,5)6)41-56(62)70-82-73(67(13,14)15)85-74(83-70)68(16,17)18/h19-42H,43-45H2,1-18H3. The quantitative estimate of drug-likeness (QED) is 0.123.